The molecule has 0 radical (unpaired) electrons. The van der Waals surface area contributed by atoms with Crippen molar-refractivity contribution in [2.24, 2.45) is 0 Å². The van der Waals surface area contributed by atoms with E-state index in [0.29, 0.717) is 0 Å². The minimum Gasteiger partial charge on any atom is -0.392 e. The Hall–Kier alpha value is -1.32. The van der Waals surface area contributed by atoms with Gasteiger partial charge in [0.15, 0.2) is 0 Å². The summed E-state index contributed by atoms with van der Waals surface area (Å²) in [5.41, 5.74) is 3.27. The van der Waals surface area contributed by atoms with E-state index in [-0.39, 0.29) is 6.61 Å². The van der Waals surface area contributed by atoms with Crippen molar-refractivity contribution in [1.82, 2.24) is 0 Å². The van der Waals surface area contributed by atoms with Gasteiger partial charge >= 0.3 is 0 Å². The number of hydrogen-bond donors (Lipinski definition) is 2. The molecule has 0 unspecified atom stereocenters. The molecule has 1 aromatic carbocycles. The predicted molar refractivity (Wildman–Crippen MR) is 64.0 cm³/mol. The van der Waals surface area contributed by atoms with Gasteiger partial charge in [0, 0.05) is 12.2 Å². The minimum absolute atomic E-state index is 0.0912. The Labute approximate surface area is 93.2 Å². The number of anilines is 1. The van der Waals surface area contributed by atoms with Crippen molar-refractivity contribution in [2.45, 2.75) is 13.2 Å². The molecule has 1 heterocycles. The standard InChI is InChI=1S/C12H13NOS/c14-8-10-2-1-3-12(6-10)13-7-11-4-5-15-9-11/h1-6,9,13-14H,7-8H2. The van der Waals surface area contributed by atoms with Gasteiger partial charge in [-0.25, -0.2) is 0 Å². The number of benzene rings is 1. The van der Waals surface area contributed by atoms with Gasteiger partial charge in [-0.3, -0.25) is 0 Å². The van der Waals surface area contributed by atoms with E-state index in [4.69, 9.17) is 5.11 Å². The number of aliphatic hydroxyl groups is 1. The first-order valence-corrected chi connectivity index (χ1v) is 5.77. The smallest absolute Gasteiger partial charge is 0.0682 e. The lowest BCUT2D eigenvalue weighted by atomic mass is 10.2. The number of hydrogen-bond acceptors (Lipinski definition) is 3. The maximum atomic E-state index is 8.99. The lowest BCUT2D eigenvalue weighted by Gasteiger charge is -2.06. The highest BCUT2D eigenvalue weighted by Gasteiger charge is 1.95. The Kier molecular flexibility index (Phi) is 3.37. The molecule has 0 aliphatic rings. The number of thiophene rings is 1. The fourth-order valence-electron chi connectivity index (χ4n) is 1.38. The second-order valence-corrected chi connectivity index (χ2v) is 4.12. The van der Waals surface area contributed by atoms with E-state index in [1.165, 1.54) is 5.56 Å². The molecule has 0 aliphatic heterocycles. The Morgan fingerprint density at radius 2 is 2.13 bits per heavy atom. The monoisotopic (exact) mass is 219 g/mol. The third-order valence-corrected chi connectivity index (χ3v) is 2.92. The van der Waals surface area contributed by atoms with Crippen LogP contribution in [0, 0.1) is 0 Å². The van der Waals surface area contributed by atoms with Gasteiger partial charge in [0.1, 0.15) is 0 Å². The van der Waals surface area contributed by atoms with Crippen LogP contribution in [0.5, 0.6) is 0 Å². The summed E-state index contributed by atoms with van der Waals surface area (Å²) in [6.07, 6.45) is 0. The lowest BCUT2D eigenvalue weighted by Crippen LogP contribution is -1.98. The maximum absolute atomic E-state index is 8.99. The summed E-state index contributed by atoms with van der Waals surface area (Å²) < 4.78 is 0. The van der Waals surface area contributed by atoms with Crippen molar-refractivity contribution in [1.29, 1.82) is 0 Å². The van der Waals surface area contributed by atoms with Crippen LogP contribution in [0.1, 0.15) is 11.1 Å². The van der Waals surface area contributed by atoms with Gasteiger partial charge in [-0.15, -0.1) is 0 Å². The van der Waals surface area contributed by atoms with E-state index < -0.39 is 0 Å². The van der Waals surface area contributed by atoms with Gasteiger partial charge in [0.05, 0.1) is 6.61 Å². The number of nitrogens with one attached hydrogen (secondary N) is 1. The highest BCUT2D eigenvalue weighted by atomic mass is 32.1. The van der Waals surface area contributed by atoms with Crippen molar-refractivity contribution in [3.05, 3.63) is 52.2 Å². The highest BCUT2D eigenvalue weighted by Crippen LogP contribution is 2.13. The van der Waals surface area contributed by atoms with Crippen molar-refractivity contribution in [3.63, 3.8) is 0 Å². The van der Waals surface area contributed by atoms with Crippen molar-refractivity contribution < 1.29 is 5.11 Å². The van der Waals surface area contributed by atoms with E-state index in [2.05, 4.69) is 22.1 Å². The minimum atomic E-state index is 0.0912. The molecule has 2 rings (SSSR count). The van der Waals surface area contributed by atoms with Crippen LogP contribution in [-0.2, 0) is 13.2 Å². The molecule has 0 saturated heterocycles. The van der Waals surface area contributed by atoms with E-state index in [9.17, 15) is 0 Å². The second kappa shape index (κ2) is 4.96. The fraction of sp³-hybridized carbons (Fsp3) is 0.167. The second-order valence-electron chi connectivity index (χ2n) is 3.34. The van der Waals surface area contributed by atoms with Crippen LogP contribution in [0.3, 0.4) is 0 Å². The molecule has 15 heavy (non-hydrogen) atoms. The predicted octanol–water partition coefficient (Wildman–Crippen LogP) is 2.85. The first-order valence-electron chi connectivity index (χ1n) is 4.83. The van der Waals surface area contributed by atoms with Crippen LogP contribution in [-0.4, -0.2) is 5.11 Å². The average Bonchev–Trinajstić information content (AvgIpc) is 2.79. The molecule has 0 spiro atoms. The summed E-state index contributed by atoms with van der Waals surface area (Å²) >= 11 is 1.70. The average molecular weight is 219 g/mol. The molecule has 3 heteroatoms. The zero-order valence-electron chi connectivity index (χ0n) is 8.31. The third-order valence-electron chi connectivity index (χ3n) is 2.19. The maximum Gasteiger partial charge on any atom is 0.0682 e. The summed E-state index contributed by atoms with van der Waals surface area (Å²) in [6, 6.07) is 9.93. The summed E-state index contributed by atoms with van der Waals surface area (Å²) in [5.74, 6) is 0. The molecular formula is C12H13NOS. The molecule has 1 aromatic heterocycles. The van der Waals surface area contributed by atoms with Crippen LogP contribution in [0.15, 0.2) is 41.1 Å². The van der Waals surface area contributed by atoms with Crippen LogP contribution in [0.4, 0.5) is 5.69 Å². The molecule has 78 valence electrons. The SMILES string of the molecule is OCc1cccc(NCc2ccsc2)c1. The van der Waals surface area contributed by atoms with Crippen LogP contribution < -0.4 is 5.32 Å². The Morgan fingerprint density at radius 1 is 1.20 bits per heavy atom. The summed E-state index contributed by atoms with van der Waals surface area (Å²) in [5, 5.41) is 16.5. The normalized spacial score (nSPS) is 10.2. The summed E-state index contributed by atoms with van der Waals surface area (Å²) in [4.78, 5) is 0. The first-order chi connectivity index (χ1) is 7.38. The quantitative estimate of drug-likeness (QED) is 0.828. The zero-order valence-corrected chi connectivity index (χ0v) is 9.13. The van der Waals surface area contributed by atoms with Gasteiger partial charge in [0.25, 0.3) is 0 Å². The molecule has 0 atom stereocenters. The summed E-state index contributed by atoms with van der Waals surface area (Å²) in [7, 11) is 0. The van der Waals surface area contributed by atoms with Crippen LogP contribution >= 0.6 is 11.3 Å². The van der Waals surface area contributed by atoms with Crippen LogP contribution in [0.2, 0.25) is 0 Å². The fourth-order valence-corrected chi connectivity index (χ4v) is 2.05. The molecule has 0 amide bonds. The van der Waals surface area contributed by atoms with Gasteiger partial charge in [0.2, 0.25) is 0 Å². The van der Waals surface area contributed by atoms with Crippen LogP contribution in [0.25, 0.3) is 0 Å². The highest BCUT2D eigenvalue weighted by molar-refractivity contribution is 7.07. The number of rotatable bonds is 4. The lowest BCUT2D eigenvalue weighted by molar-refractivity contribution is 0.282. The summed E-state index contributed by atoms with van der Waals surface area (Å²) in [6.45, 7) is 0.923. The van der Waals surface area contributed by atoms with Crippen molar-refractivity contribution in [2.75, 3.05) is 5.32 Å². The van der Waals surface area contributed by atoms with Gasteiger partial charge in [-0.2, -0.15) is 11.3 Å². The Bertz CT molecular complexity index is 411. The molecular weight excluding hydrogens is 206 g/mol. The molecule has 0 fully saturated rings. The molecule has 0 aliphatic carbocycles. The zero-order chi connectivity index (χ0) is 10.5. The largest absolute Gasteiger partial charge is 0.392 e. The topological polar surface area (TPSA) is 32.3 Å². The van der Waals surface area contributed by atoms with Gasteiger partial charge in [-0.1, -0.05) is 12.1 Å². The van der Waals surface area contributed by atoms with Gasteiger partial charge < -0.3 is 10.4 Å². The third kappa shape index (κ3) is 2.81. The number of aliphatic hydroxyl groups excluding tert-OH is 1. The van der Waals surface area contributed by atoms with Gasteiger partial charge in [-0.05, 0) is 40.1 Å². The van der Waals surface area contributed by atoms with E-state index in [1.54, 1.807) is 11.3 Å². The van der Waals surface area contributed by atoms with E-state index >= 15 is 0 Å². The van der Waals surface area contributed by atoms with Crippen molar-refractivity contribution >= 4 is 17.0 Å². The Balaban J connectivity index is 1.98. The molecule has 0 saturated carbocycles. The molecule has 2 aromatic rings. The molecule has 2 N–H and O–H groups in total. The van der Waals surface area contributed by atoms with E-state index in [0.717, 1.165) is 17.8 Å². The first kappa shape index (κ1) is 10.2. The molecule has 2 nitrogen and oxygen atoms in total. The molecule has 0 bridgehead atoms. The Morgan fingerprint density at radius 3 is 2.87 bits per heavy atom. The van der Waals surface area contributed by atoms with Crippen molar-refractivity contribution in [3.8, 4) is 0 Å². The van der Waals surface area contributed by atoms with E-state index in [1.807, 2.05) is 24.3 Å².